The average Bonchev–Trinajstić information content (AvgIpc) is 2.95. The lowest BCUT2D eigenvalue weighted by molar-refractivity contribution is -0.121. The van der Waals surface area contributed by atoms with Crippen molar-refractivity contribution in [2.75, 3.05) is 19.6 Å². The van der Waals surface area contributed by atoms with Crippen molar-refractivity contribution in [3.8, 4) is 5.95 Å². The number of piperidine rings is 1. The maximum Gasteiger partial charge on any atom is 0.251 e. The fourth-order valence-electron chi connectivity index (χ4n) is 4.08. The van der Waals surface area contributed by atoms with Gasteiger partial charge in [-0.25, -0.2) is 14.6 Å². The molecule has 0 spiro atoms. The highest BCUT2D eigenvalue weighted by molar-refractivity contribution is 5.79. The number of aryl methyl sites for hydroxylation is 3. The smallest absolute Gasteiger partial charge is 0.251 e. The molecule has 1 N–H and O–H groups in total. The minimum absolute atomic E-state index is 0.0298. The standard InChI is InChI=1S/C22H34N6O/c1-15-12-16(2)25-21(24-15)28-18(4)19(17(3)26-28)13-20(29)23-14-22(5,6)27-10-8-7-9-11-27/h12H,7-11,13-14H2,1-6H3,(H,23,29). The van der Waals surface area contributed by atoms with Gasteiger partial charge in [-0.05, 0) is 73.5 Å². The summed E-state index contributed by atoms with van der Waals surface area (Å²) in [5, 5.41) is 7.74. The van der Waals surface area contributed by atoms with Gasteiger partial charge in [0.25, 0.3) is 5.95 Å². The third-order valence-electron chi connectivity index (χ3n) is 5.87. The van der Waals surface area contributed by atoms with Crippen molar-refractivity contribution in [3.05, 3.63) is 34.4 Å². The molecule has 1 aliphatic heterocycles. The molecule has 0 aromatic carbocycles. The van der Waals surface area contributed by atoms with Gasteiger partial charge in [-0.1, -0.05) is 6.42 Å². The van der Waals surface area contributed by atoms with Crippen molar-refractivity contribution >= 4 is 5.91 Å². The zero-order valence-electron chi connectivity index (χ0n) is 18.7. The number of aromatic nitrogens is 4. The van der Waals surface area contributed by atoms with Gasteiger partial charge in [0, 0.05) is 34.7 Å². The van der Waals surface area contributed by atoms with Gasteiger partial charge in [-0.15, -0.1) is 0 Å². The van der Waals surface area contributed by atoms with Crippen LogP contribution in [0.4, 0.5) is 0 Å². The lowest BCUT2D eigenvalue weighted by Crippen LogP contribution is -2.53. The van der Waals surface area contributed by atoms with Gasteiger partial charge in [0.1, 0.15) is 0 Å². The maximum absolute atomic E-state index is 12.7. The van der Waals surface area contributed by atoms with Gasteiger partial charge in [0.05, 0.1) is 12.1 Å². The van der Waals surface area contributed by atoms with Crippen LogP contribution in [0.2, 0.25) is 0 Å². The van der Waals surface area contributed by atoms with Crippen LogP contribution < -0.4 is 5.32 Å². The number of hydrogen-bond donors (Lipinski definition) is 1. The van der Waals surface area contributed by atoms with Gasteiger partial charge in [0.15, 0.2) is 0 Å². The third-order valence-corrected chi connectivity index (χ3v) is 5.87. The Morgan fingerprint density at radius 1 is 1.07 bits per heavy atom. The summed E-state index contributed by atoms with van der Waals surface area (Å²) in [6.07, 6.45) is 4.12. The van der Waals surface area contributed by atoms with Gasteiger partial charge >= 0.3 is 0 Å². The van der Waals surface area contributed by atoms with E-state index in [0.717, 1.165) is 41.4 Å². The first kappa shape index (κ1) is 21.4. The Labute approximate surface area is 173 Å². The highest BCUT2D eigenvalue weighted by Crippen LogP contribution is 2.20. The quantitative estimate of drug-likeness (QED) is 0.810. The molecule has 0 radical (unpaired) electrons. The molecular weight excluding hydrogens is 364 g/mol. The van der Waals surface area contributed by atoms with Gasteiger partial charge in [-0.2, -0.15) is 5.10 Å². The minimum Gasteiger partial charge on any atom is -0.354 e. The Hall–Kier alpha value is -2.28. The van der Waals surface area contributed by atoms with Crippen LogP contribution in [0.3, 0.4) is 0 Å². The number of amides is 1. The molecule has 7 nitrogen and oxygen atoms in total. The Balaban J connectivity index is 1.68. The number of carbonyl (C=O) groups is 1. The van der Waals surface area contributed by atoms with Crippen LogP contribution in [0.1, 0.15) is 61.4 Å². The first-order valence-electron chi connectivity index (χ1n) is 10.6. The van der Waals surface area contributed by atoms with E-state index in [-0.39, 0.29) is 11.4 Å². The summed E-state index contributed by atoms with van der Waals surface area (Å²) in [4.78, 5) is 24.2. The fourth-order valence-corrected chi connectivity index (χ4v) is 4.08. The number of likely N-dealkylation sites (tertiary alicyclic amines) is 1. The zero-order valence-corrected chi connectivity index (χ0v) is 18.7. The first-order valence-corrected chi connectivity index (χ1v) is 10.6. The van der Waals surface area contributed by atoms with Crippen molar-refractivity contribution in [1.29, 1.82) is 0 Å². The second-order valence-electron chi connectivity index (χ2n) is 8.83. The zero-order chi connectivity index (χ0) is 21.2. The van der Waals surface area contributed by atoms with E-state index in [9.17, 15) is 4.79 Å². The third kappa shape index (κ3) is 5.01. The topological polar surface area (TPSA) is 75.9 Å². The molecule has 0 saturated carbocycles. The molecule has 3 rings (SSSR count). The van der Waals surface area contributed by atoms with Crippen LogP contribution in [0.15, 0.2) is 6.07 Å². The molecule has 0 atom stereocenters. The van der Waals surface area contributed by atoms with E-state index in [1.54, 1.807) is 4.68 Å². The molecule has 2 aromatic rings. The lowest BCUT2D eigenvalue weighted by atomic mass is 9.98. The summed E-state index contributed by atoms with van der Waals surface area (Å²) in [6, 6.07) is 1.94. The van der Waals surface area contributed by atoms with Crippen molar-refractivity contribution in [2.45, 2.75) is 72.8 Å². The van der Waals surface area contributed by atoms with Crippen molar-refractivity contribution in [1.82, 2.24) is 30.0 Å². The molecule has 7 heteroatoms. The summed E-state index contributed by atoms with van der Waals surface area (Å²) >= 11 is 0. The maximum atomic E-state index is 12.7. The highest BCUT2D eigenvalue weighted by atomic mass is 16.1. The molecular formula is C22H34N6O. The van der Waals surface area contributed by atoms with Crippen molar-refractivity contribution in [2.24, 2.45) is 0 Å². The molecule has 0 aliphatic carbocycles. The number of nitrogens with one attached hydrogen (secondary N) is 1. The Morgan fingerprint density at radius 3 is 2.31 bits per heavy atom. The van der Waals surface area contributed by atoms with E-state index in [2.05, 4.69) is 39.1 Å². The van der Waals surface area contributed by atoms with Gasteiger partial charge < -0.3 is 5.32 Å². The first-order chi connectivity index (χ1) is 13.7. The van der Waals surface area contributed by atoms with E-state index in [0.29, 0.717) is 18.9 Å². The molecule has 0 unspecified atom stereocenters. The van der Waals surface area contributed by atoms with Crippen LogP contribution in [0, 0.1) is 27.7 Å². The largest absolute Gasteiger partial charge is 0.354 e. The second-order valence-corrected chi connectivity index (χ2v) is 8.83. The average molecular weight is 399 g/mol. The molecule has 1 saturated heterocycles. The number of nitrogens with zero attached hydrogens (tertiary/aromatic N) is 5. The van der Waals surface area contributed by atoms with E-state index < -0.39 is 0 Å². The molecule has 1 aliphatic rings. The van der Waals surface area contributed by atoms with Crippen LogP contribution in [-0.4, -0.2) is 55.7 Å². The minimum atomic E-state index is -0.0305. The summed E-state index contributed by atoms with van der Waals surface area (Å²) in [6.45, 7) is 15.1. The normalized spacial score (nSPS) is 15.5. The molecule has 29 heavy (non-hydrogen) atoms. The molecule has 3 heterocycles. The van der Waals surface area contributed by atoms with Crippen molar-refractivity contribution < 1.29 is 4.79 Å². The predicted molar refractivity (Wildman–Crippen MR) is 114 cm³/mol. The Kier molecular flexibility index (Phi) is 6.36. The summed E-state index contributed by atoms with van der Waals surface area (Å²) in [5.74, 6) is 0.586. The van der Waals surface area contributed by atoms with Crippen molar-refractivity contribution in [3.63, 3.8) is 0 Å². The summed E-state index contributed by atoms with van der Waals surface area (Å²) in [7, 11) is 0. The fraction of sp³-hybridized carbons (Fsp3) is 0.636. The van der Waals surface area contributed by atoms with Crippen LogP contribution >= 0.6 is 0 Å². The van der Waals surface area contributed by atoms with E-state index in [4.69, 9.17) is 0 Å². The van der Waals surface area contributed by atoms with E-state index >= 15 is 0 Å². The highest BCUT2D eigenvalue weighted by Gasteiger charge is 2.28. The van der Waals surface area contributed by atoms with E-state index in [1.807, 2.05) is 33.8 Å². The van der Waals surface area contributed by atoms with Gasteiger partial charge in [-0.3, -0.25) is 9.69 Å². The SMILES string of the molecule is Cc1cc(C)nc(-n2nc(C)c(CC(=O)NCC(C)(C)N3CCCCC3)c2C)n1. The van der Waals surface area contributed by atoms with E-state index in [1.165, 1.54) is 19.3 Å². The Morgan fingerprint density at radius 2 is 1.69 bits per heavy atom. The molecule has 0 bridgehead atoms. The molecule has 2 aromatic heterocycles. The molecule has 158 valence electrons. The van der Waals surface area contributed by atoms with Crippen LogP contribution in [0.5, 0.6) is 0 Å². The summed E-state index contributed by atoms with van der Waals surface area (Å²) < 4.78 is 1.75. The number of rotatable bonds is 6. The number of carbonyl (C=O) groups excluding carboxylic acids is 1. The predicted octanol–water partition coefficient (Wildman–Crippen LogP) is 2.82. The monoisotopic (exact) mass is 398 g/mol. The van der Waals surface area contributed by atoms with Crippen LogP contribution in [0.25, 0.3) is 5.95 Å². The number of hydrogen-bond acceptors (Lipinski definition) is 5. The Bertz CT molecular complexity index is 859. The van der Waals surface area contributed by atoms with Gasteiger partial charge in [0.2, 0.25) is 5.91 Å². The second kappa shape index (κ2) is 8.61. The molecule has 1 amide bonds. The van der Waals surface area contributed by atoms with Crippen LogP contribution in [-0.2, 0) is 11.2 Å². The lowest BCUT2D eigenvalue weighted by Gasteiger charge is -2.41. The molecule has 1 fully saturated rings. The summed E-state index contributed by atoms with van der Waals surface area (Å²) in [5.41, 5.74) is 4.48.